The molecule has 2 amide bonds. The van der Waals surface area contributed by atoms with Crippen LogP contribution in [0.15, 0.2) is 48.5 Å². The number of likely N-dealkylation sites (tertiary alicyclic amines) is 1. The van der Waals surface area contributed by atoms with Crippen LogP contribution in [0.3, 0.4) is 0 Å². The van der Waals surface area contributed by atoms with Crippen molar-refractivity contribution in [2.24, 2.45) is 5.92 Å². The molecule has 0 atom stereocenters. The molecule has 1 fully saturated rings. The number of carbonyl (C=O) groups excluding carboxylic acids is 2. The number of anilines is 1. The quantitative estimate of drug-likeness (QED) is 0.457. The Balaban J connectivity index is 1.31. The molecule has 172 valence electrons. The van der Waals surface area contributed by atoms with Crippen LogP contribution < -0.4 is 15.4 Å². The summed E-state index contributed by atoms with van der Waals surface area (Å²) in [6, 6.07) is 14.8. The van der Waals surface area contributed by atoms with E-state index in [-0.39, 0.29) is 12.0 Å². The highest BCUT2D eigenvalue weighted by Gasteiger charge is 2.19. The van der Waals surface area contributed by atoms with Gasteiger partial charge in [-0.25, -0.2) is 9.59 Å². The average molecular weight is 440 g/mol. The molecule has 2 N–H and O–H groups in total. The first-order valence-electron chi connectivity index (χ1n) is 11.2. The number of methoxy groups -OCH3 is 2. The van der Waals surface area contributed by atoms with E-state index in [4.69, 9.17) is 9.47 Å². The summed E-state index contributed by atoms with van der Waals surface area (Å²) in [7, 11) is 3.01. The number of amides is 2. The maximum atomic E-state index is 12.1. The Kier molecular flexibility index (Phi) is 8.92. The van der Waals surface area contributed by atoms with Gasteiger partial charge in [0, 0.05) is 18.3 Å². The van der Waals surface area contributed by atoms with Gasteiger partial charge in [-0.1, -0.05) is 18.2 Å². The van der Waals surface area contributed by atoms with Crippen LogP contribution >= 0.6 is 0 Å². The molecule has 0 spiro atoms. The zero-order valence-electron chi connectivity index (χ0n) is 18.9. The van der Waals surface area contributed by atoms with Gasteiger partial charge in [0.05, 0.1) is 19.8 Å². The molecule has 3 rings (SSSR count). The second-order valence-corrected chi connectivity index (χ2v) is 8.15. The van der Waals surface area contributed by atoms with E-state index in [2.05, 4.69) is 21.6 Å². The zero-order chi connectivity index (χ0) is 22.8. The summed E-state index contributed by atoms with van der Waals surface area (Å²) in [5.41, 5.74) is 2.52. The molecule has 7 nitrogen and oxygen atoms in total. The van der Waals surface area contributed by atoms with Crippen LogP contribution in [0.25, 0.3) is 0 Å². The Morgan fingerprint density at radius 3 is 2.59 bits per heavy atom. The van der Waals surface area contributed by atoms with Crippen molar-refractivity contribution < 1.29 is 19.1 Å². The SMILES string of the molecule is COC(=O)c1cccc(CC2CCN(CCCNC(=O)Nc3cccc(OC)c3)CC2)c1. The third-order valence-corrected chi connectivity index (χ3v) is 5.84. The lowest BCUT2D eigenvalue weighted by Gasteiger charge is -2.32. The first-order valence-corrected chi connectivity index (χ1v) is 11.2. The zero-order valence-corrected chi connectivity index (χ0v) is 18.9. The second-order valence-electron chi connectivity index (χ2n) is 8.15. The van der Waals surface area contributed by atoms with E-state index >= 15 is 0 Å². The van der Waals surface area contributed by atoms with E-state index in [1.807, 2.05) is 30.3 Å². The van der Waals surface area contributed by atoms with Gasteiger partial charge in [-0.2, -0.15) is 0 Å². The number of carbonyl (C=O) groups is 2. The standard InChI is InChI=1S/C25H33N3O4/c1-31-23-9-4-8-22(18-23)27-25(30)26-12-5-13-28-14-10-19(11-15-28)16-20-6-3-7-21(17-20)24(29)32-2/h3-4,6-9,17-19H,5,10-16H2,1-2H3,(H2,26,27,30). The molecule has 0 aliphatic carbocycles. The van der Waals surface area contributed by atoms with Crippen LogP contribution in [-0.2, 0) is 11.2 Å². The fourth-order valence-electron chi connectivity index (χ4n) is 4.07. The maximum absolute atomic E-state index is 12.1. The Labute approximate surface area is 190 Å². The Bertz CT molecular complexity index is 894. The molecule has 32 heavy (non-hydrogen) atoms. The summed E-state index contributed by atoms with van der Waals surface area (Å²) in [5, 5.41) is 5.74. The summed E-state index contributed by atoms with van der Waals surface area (Å²) >= 11 is 0. The molecule has 0 bridgehead atoms. The van der Waals surface area contributed by atoms with Gasteiger partial charge in [-0.05, 0) is 81.1 Å². The second kappa shape index (κ2) is 12.1. The van der Waals surface area contributed by atoms with Crippen LogP contribution in [0.5, 0.6) is 5.75 Å². The van der Waals surface area contributed by atoms with Crippen molar-refractivity contribution in [1.82, 2.24) is 10.2 Å². The minimum atomic E-state index is -0.285. The molecule has 1 aliphatic rings. The number of piperidine rings is 1. The minimum absolute atomic E-state index is 0.203. The van der Waals surface area contributed by atoms with Gasteiger partial charge >= 0.3 is 12.0 Å². The summed E-state index contributed by atoms with van der Waals surface area (Å²) in [5.74, 6) is 1.06. The smallest absolute Gasteiger partial charge is 0.337 e. The normalized spacial score (nSPS) is 14.6. The van der Waals surface area contributed by atoms with Gasteiger partial charge in [0.25, 0.3) is 0 Å². The number of hydrogen-bond donors (Lipinski definition) is 2. The Hall–Kier alpha value is -3.06. The lowest BCUT2D eigenvalue weighted by molar-refractivity contribution is 0.0600. The van der Waals surface area contributed by atoms with Gasteiger partial charge in [-0.15, -0.1) is 0 Å². The number of hydrogen-bond acceptors (Lipinski definition) is 5. The molecule has 2 aromatic rings. The van der Waals surface area contributed by atoms with Gasteiger partial charge in [0.1, 0.15) is 5.75 Å². The van der Waals surface area contributed by atoms with Crippen molar-refractivity contribution in [2.75, 3.05) is 45.7 Å². The van der Waals surface area contributed by atoms with Crippen molar-refractivity contribution in [3.05, 3.63) is 59.7 Å². The molecule has 0 unspecified atom stereocenters. The summed E-state index contributed by atoms with van der Waals surface area (Å²) in [6.07, 6.45) is 4.19. The predicted molar refractivity (Wildman–Crippen MR) is 125 cm³/mol. The van der Waals surface area contributed by atoms with E-state index in [1.165, 1.54) is 12.7 Å². The molecular formula is C25H33N3O4. The highest BCUT2D eigenvalue weighted by atomic mass is 16.5. The summed E-state index contributed by atoms with van der Waals surface area (Å²) in [6.45, 7) is 3.74. The molecule has 1 heterocycles. The third-order valence-electron chi connectivity index (χ3n) is 5.84. The summed E-state index contributed by atoms with van der Waals surface area (Å²) in [4.78, 5) is 26.2. The lowest BCUT2D eigenvalue weighted by atomic mass is 9.89. The van der Waals surface area contributed by atoms with Gasteiger partial charge in [0.2, 0.25) is 0 Å². The van der Waals surface area contributed by atoms with Crippen molar-refractivity contribution in [3.8, 4) is 5.75 Å². The average Bonchev–Trinajstić information content (AvgIpc) is 2.82. The predicted octanol–water partition coefficient (Wildman–Crippen LogP) is 3.95. The fraction of sp³-hybridized carbons (Fsp3) is 0.440. The van der Waals surface area contributed by atoms with E-state index < -0.39 is 0 Å². The lowest BCUT2D eigenvalue weighted by Crippen LogP contribution is -2.37. The first-order chi connectivity index (χ1) is 15.6. The largest absolute Gasteiger partial charge is 0.497 e. The van der Waals surface area contributed by atoms with Crippen molar-refractivity contribution in [1.29, 1.82) is 0 Å². The molecular weight excluding hydrogens is 406 g/mol. The van der Waals surface area contributed by atoms with E-state index in [0.717, 1.165) is 45.3 Å². The highest BCUT2D eigenvalue weighted by molar-refractivity contribution is 5.89. The van der Waals surface area contributed by atoms with E-state index in [1.54, 1.807) is 19.2 Å². The fourth-order valence-corrected chi connectivity index (χ4v) is 4.07. The van der Waals surface area contributed by atoms with Crippen LogP contribution in [0.4, 0.5) is 10.5 Å². The number of urea groups is 1. The van der Waals surface area contributed by atoms with Gasteiger partial charge < -0.3 is 25.0 Å². The first kappa shape index (κ1) is 23.6. The molecule has 0 aromatic heterocycles. The molecule has 0 radical (unpaired) electrons. The Morgan fingerprint density at radius 2 is 1.84 bits per heavy atom. The van der Waals surface area contributed by atoms with Crippen molar-refractivity contribution >= 4 is 17.7 Å². The van der Waals surface area contributed by atoms with E-state index in [0.29, 0.717) is 29.5 Å². The van der Waals surface area contributed by atoms with Crippen molar-refractivity contribution in [3.63, 3.8) is 0 Å². The number of esters is 1. The maximum Gasteiger partial charge on any atom is 0.337 e. The minimum Gasteiger partial charge on any atom is -0.497 e. The number of rotatable bonds is 9. The monoisotopic (exact) mass is 439 g/mol. The molecule has 2 aromatic carbocycles. The van der Waals surface area contributed by atoms with Gasteiger partial charge in [-0.3, -0.25) is 0 Å². The highest BCUT2D eigenvalue weighted by Crippen LogP contribution is 2.22. The van der Waals surface area contributed by atoms with Crippen LogP contribution in [-0.4, -0.2) is 57.3 Å². The van der Waals surface area contributed by atoms with Crippen LogP contribution in [0.1, 0.15) is 35.2 Å². The third kappa shape index (κ3) is 7.27. The topological polar surface area (TPSA) is 79.9 Å². The molecule has 7 heteroatoms. The molecule has 0 saturated carbocycles. The van der Waals surface area contributed by atoms with Crippen molar-refractivity contribution in [2.45, 2.75) is 25.7 Å². The molecule has 1 aliphatic heterocycles. The number of nitrogens with one attached hydrogen (secondary N) is 2. The number of benzene rings is 2. The number of nitrogens with zero attached hydrogens (tertiary/aromatic N) is 1. The van der Waals surface area contributed by atoms with Gasteiger partial charge in [0.15, 0.2) is 0 Å². The van der Waals surface area contributed by atoms with Crippen LogP contribution in [0, 0.1) is 5.92 Å². The number of ether oxygens (including phenoxy) is 2. The summed E-state index contributed by atoms with van der Waals surface area (Å²) < 4.78 is 9.98. The van der Waals surface area contributed by atoms with E-state index in [9.17, 15) is 9.59 Å². The molecule has 1 saturated heterocycles. The Morgan fingerprint density at radius 1 is 1.06 bits per heavy atom. The van der Waals surface area contributed by atoms with Crippen LogP contribution in [0.2, 0.25) is 0 Å².